The molecule has 23 heavy (non-hydrogen) atoms. The Hall–Kier alpha value is -2.04. The van der Waals surface area contributed by atoms with Gasteiger partial charge in [-0.2, -0.15) is 0 Å². The SMILES string of the molecule is Cl.O=C(Nc1ccc2c(c1)CNCCO2)C1Cc2ccccc21. The Morgan fingerprint density at radius 3 is 2.91 bits per heavy atom. The van der Waals surface area contributed by atoms with Crippen LogP contribution >= 0.6 is 12.4 Å². The van der Waals surface area contributed by atoms with Gasteiger partial charge in [-0.3, -0.25) is 4.79 Å². The van der Waals surface area contributed by atoms with E-state index in [1.54, 1.807) is 0 Å². The van der Waals surface area contributed by atoms with Crippen molar-refractivity contribution in [3.8, 4) is 5.75 Å². The second kappa shape index (κ2) is 6.60. The number of carbonyl (C=O) groups excluding carboxylic acids is 1. The maximum atomic E-state index is 12.4. The first-order chi connectivity index (χ1) is 10.8. The molecule has 0 aromatic heterocycles. The molecule has 120 valence electrons. The van der Waals surface area contributed by atoms with E-state index in [1.165, 1.54) is 5.56 Å². The fourth-order valence-electron chi connectivity index (χ4n) is 3.11. The average Bonchev–Trinajstić information content (AvgIpc) is 2.73. The molecule has 0 saturated heterocycles. The quantitative estimate of drug-likeness (QED) is 0.890. The van der Waals surface area contributed by atoms with Crippen LogP contribution in [0, 0.1) is 0 Å². The van der Waals surface area contributed by atoms with Gasteiger partial charge in [-0.25, -0.2) is 0 Å². The molecule has 4 rings (SSSR count). The molecule has 0 spiro atoms. The Kier molecular flexibility index (Phi) is 4.55. The predicted molar refractivity (Wildman–Crippen MR) is 92.4 cm³/mol. The predicted octanol–water partition coefficient (Wildman–Crippen LogP) is 2.87. The first-order valence-electron chi connectivity index (χ1n) is 7.66. The minimum absolute atomic E-state index is 0. The summed E-state index contributed by atoms with van der Waals surface area (Å²) in [6.07, 6.45) is 0.831. The molecule has 0 radical (unpaired) electrons. The summed E-state index contributed by atoms with van der Waals surface area (Å²) in [4.78, 5) is 12.4. The zero-order valence-corrected chi connectivity index (χ0v) is 13.5. The molecule has 0 bridgehead atoms. The van der Waals surface area contributed by atoms with Gasteiger partial charge in [0.15, 0.2) is 0 Å². The largest absolute Gasteiger partial charge is 0.492 e. The number of fused-ring (bicyclic) bond motifs is 2. The van der Waals surface area contributed by atoms with E-state index in [9.17, 15) is 4.79 Å². The minimum atomic E-state index is -0.0237. The summed E-state index contributed by atoms with van der Waals surface area (Å²) in [6.45, 7) is 2.29. The number of ether oxygens (including phenoxy) is 1. The van der Waals surface area contributed by atoms with Crippen molar-refractivity contribution >= 4 is 24.0 Å². The van der Waals surface area contributed by atoms with Crippen molar-refractivity contribution in [2.45, 2.75) is 18.9 Å². The molecule has 0 saturated carbocycles. The third-order valence-electron chi connectivity index (χ3n) is 4.35. The highest BCUT2D eigenvalue weighted by atomic mass is 35.5. The Morgan fingerprint density at radius 2 is 2.04 bits per heavy atom. The number of carbonyl (C=O) groups is 1. The van der Waals surface area contributed by atoms with Crippen LogP contribution in [0.4, 0.5) is 5.69 Å². The average molecular weight is 331 g/mol. The molecule has 1 unspecified atom stereocenters. The Labute approximate surface area is 141 Å². The summed E-state index contributed by atoms with van der Waals surface area (Å²) in [5.41, 5.74) is 4.35. The van der Waals surface area contributed by atoms with Crippen LogP contribution in [-0.4, -0.2) is 19.1 Å². The van der Waals surface area contributed by atoms with Crippen LogP contribution in [0.1, 0.15) is 22.6 Å². The fraction of sp³-hybridized carbons (Fsp3) is 0.278. The third kappa shape index (κ3) is 3.05. The molecule has 2 aliphatic rings. The van der Waals surface area contributed by atoms with Gasteiger partial charge >= 0.3 is 0 Å². The number of halogens is 1. The van der Waals surface area contributed by atoms with Gasteiger partial charge in [-0.15, -0.1) is 12.4 Å². The Morgan fingerprint density at radius 1 is 1.17 bits per heavy atom. The van der Waals surface area contributed by atoms with Crippen molar-refractivity contribution in [1.29, 1.82) is 0 Å². The number of hydrogen-bond acceptors (Lipinski definition) is 3. The molecule has 1 aliphatic carbocycles. The van der Waals surface area contributed by atoms with Crippen LogP contribution < -0.4 is 15.4 Å². The molecule has 2 N–H and O–H groups in total. The summed E-state index contributed by atoms with van der Waals surface area (Å²) in [5, 5.41) is 6.34. The highest BCUT2D eigenvalue weighted by Crippen LogP contribution is 2.35. The van der Waals surface area contributed by atoms with Crippen molar-refractivity contribution in [2.75, 3.05) is 18.5 Å². The highest BCUT2D eigenvalue weighted by molar-refractivity contribution is 5.97. The molecule has 2 aromatic rings. The van der Waals surface area contributed by atoms with Gasteiger partial charge in [0.25, 0.3) is 0 Å². The summed E-state index contributed by atoms with van der Waals surface area (Å²) < 4.78 is 5.66. The van der Waals surface area contributed by atoms with Crippen LogP contribution in [0.15, 0.2) is 42.5 Å². The highest BCUT2D eigenvalue weighted by Gasteiger charge is 2.31. The number of amides is 1. The van der Waals surface area contributed by atoms with Gasteiger partial charge in [0, 0.05) is 24.3 Å². The van der Waals surface area contributed by atoms with Crippen molar-refractivity contribution < 1.29 is 9.53 Å². The molecule has 1 aliphatic heterocycles. The van der Waals surface area contributed by atoms with Gasteiger partial charge in [0.05, 0.1) is 5.92 Å². The van der Waals surface area contributed by atoms with E-state index in [-0.39, 0.29) is 24.2 Å². The van der Waals surface area contributed by atoms with Crippen LogP contribution in [0.2, 0.25) is 0 Å². The smallest absolute Gasteiger partial charge is 0.232 e. The lowest BCUT2D eigenvalue weighted by Crippen LogP contribution is -2.30. The van der Waals surface area contributed by atoms with Gasteiger partial charge in [0.1, 0.15) is 12.4 Å². The number of anilines is 1. The van der Waals surface area contributed by atoms with E-state index in [2.05, 4.69) is 16.7 Å². The second-order valence-corrected chi connectivity index (χ2v) is 5.79. The van der Waals surface area contributed by atoms with Crippen molar-refractivity contribution in [1.82, 2.24) is 5.32 Å². The second-order valence-electron chi connectivity index (χ2n) is 5.79. The van der Waals surface area contributed by atoms with Gasteiger partial charge < -0.3 is 15.4 Å². The molecule has 2 aromatic carbocycles. The lowest BCUT2D eigenvalue weighted by Gasteiger charge is -2.28. The van der Waals surface area contributed by atoms with Gasteiger partial charge in [-0.05, 0) is 35.7 Å². The number of benzene rings is 2. The molecular formula is C18H19ClN2O2. The summed E-state index contributed by atoms with van der Waals surface area (Å²) >= 11 is 0. The van der Waals surface area contributed by atoms with Crippen molar-refractivity contribution in [3.63, 3.8) is 0 Å². The van der Waals surface area contributed by atoms with Gasteiger partial charge in [-0.1, -0.05) is 24.3 Å². The lowest BCUT2D eigenvalue weighted by molar-refractivity contribution is -0.118. The standard InChI is InChI=1S/C18H18N2O2.ClH/c21-18(16-10-12-3-1-2-4-15(12)16)20-14-5-6-17-13(9-14)11-19-7-8-22-17;/h1-6,9,16,19H,7-8,10-11H2,(H,20,21);1H. The van der Waals surface area contributed by atoms with E-state index < -0.39 is 0 Å². The van der Waals surface area contributed by atoms with Crippen molar-refractivity contribution in [3.05, 3.63) is 59.2 Å². The minimum Gasteiger partial charge on any atom is -0.492 e. The maximum Gasteiger partial charge on any atom is 0.232 e. The summed E-state index contributed by atoms with van der Waals surface area (Å²) in [7, 11) is 0. The molecule has 0 fully saturated rings. The van der Waals surface area contributed by atoms with Crippen LogP contribution in [-0.2, 0) is 17.8 Å². The molecule has 1 atom stereocenters. The van der Waals surface area contributed by atoms with Crippen LogP contribution in [0.3, 0.4) is 0 Å². The zero-order chi connectivity index (χ0) is 14.9. The van der Waals surface area contributed by atoms with E-state index in [4.69, 9.17) is 4.74 Å². The molecule has 1 amide bonds. The monoisotopic (exact) mass is 330 g/mol. The molecular weight excluding hydrogens is 312 g/mol. The van der Waals surface area contributed by atoms with E-state index in [1.807, 2.05) is 36.4 Å². The Bertz CT molecular complexity index is 733. The van der Waals surface area contributed by atoms with E-state index in [0.29, 0.717) is 6.61 Å². The third-order valence-corrected chi connectivity index (χ3v) is 4.35. The summed E-state index contributed by atoms with van der Waals surface area (Å²) in [5.74, 6) is 0.947. The maximum absolute atomic E-state index is 12.4. The topological polar surface area (TPSA) is 50.4 Å². The first-order valence-corrected chi connectivity index (χ1v) is 7.66. The van der Waals surface area contributed by atoms with Crippen LogP contribution in [0.25, 0.3) is 0 Å². The Balaban J connectivity index is 0.00000156. The number of rotatable bonds is 2. The lowest BCUT2D eigenvalue weighted by atomic mass is 9.77. The fourth-order valence-corrected chi connectivity index (χ4v) is 3.11. The van der Waals surface area contributed by atoms with Crippen molar-refractivity contribution in [2.24, 2.45) is 0 Å². The molecule has 4 nitrogen and oxygen atoms in total. The molecule has 5 heteroatoms. The van der Waals surface area contributed by atoms with E-state index in [0.717, 1.165) is 42.1 Å². The first kappa shape index (κ1) is 15.8. The normalized spacial score (nSPS) is 18.2. The van der Waals surface area contributed by atoms with E-state index >= 15 is 0 Å². The summed E-state index contributed by atoms with van der Waals surface area (Å²) in [6, 6.07) is 14.0. The number of nitrogens with one attached hydrogen (secondary N) is 2. The van der Waals surface area contributed by atoms with Crippen LogP contribution in [0.5, 0.6) is 5.75 Å². The number of hydrogen-bond donors (Lipinski definition) is 2. The zero-order valence-electron chi connectivity index (χ0n) is 12.7. The molecule has 1 heterocycles. The van der Waals surface area contributed by atoms with Gasteiger partial charge in [0.2, 0.25) is 5.91 Å².